The molecule has 2 aromatic rings. The second-order valence-corrected chi connectivity index (χ2v) is 11.5. The van der Waals surface area contributed by atoms with Crippen molar-refractivity contribution < 1.29 is 22.8 Å². The largest absolute Gasteiger partial charge is 0.418 e. The standard InChI is InChI=1S/C29H35ClF3N5O2/c1-35-14-16-36(17-15-35)12-9-25-23(27(39)37-13-8-20-18-22(30)7-6-21(20)19-37)4-3-11-38(25)28(40)26-24(29(31,32)33)5-2-10-34-26/h2,5-7,10,18,23,25H,3-4,8-9,11-17,19H2,1H3/t23-,25-/m1/s1. The van der Waals surface area contributed by atoms with Crippen LogP contribution in [0, 0.1) is 5.92 Å². The van der Waals surface area contributed by atoms with Gasteiger partial charge in [-0.3, -0.25) is 14.6 Å². The van der Waals surface area contributed by atoms with Gasteiger partial charge in [-0.15, -0.1) is 0 Å². The van der Waals surface area contributed by atoms with Crippen LogP contribution in [0.1, 0.15) is 46.4 Å². The molecule has 3 aliphatic rings. The van der Waals surface area contributed by atoms with E-state index < -0.39 is 35.3 Å². The van der Waals surface area contributed by atoms with Crippen LogP contribution in [-0.4, -0.2) is 95.3 Å². The lowest BCUT2D eigenvalue weighted by Gasteiger charge is -2.44. The van der Waals surface area contributed by atoms with Crippen molar-refractivity contribution >= 4 is 23.4 Å². The molecule has 0 saturated carbocycles. The summed E-state index contributed by atoms with van der Waals surface area (Å²) in [6, 6.07) is 7.27. The van der Waals surface area contributed by atoms with Crippen LogP contribution in [0.15, 0.2) is 36.5 Å². The lowest BCUT2D eigenvalue weighted by molar-refractivity contribution is -0.141. The quantitative estimate of drug-likeness (QED) is 0.533. The molecule has 40 heavy (non-hydrogen) atoms. The van der Waals surface area contributed by atoms with Gasteiger partial charge >= 0.3 is 6.18 Å². The number of halogens is 4. The summed E-state index contributed by atoms with van der Waals surface area (Å²) in [5.41, 5.74) is 0.525. The SMILES string of the molecule is CN1CCN(CC[C@@H]2[C@H](C(=O)N3CCc4cc(Cl)ccc4C3)CCCN2C(=O)c2ncccc2C(F)(F)F)CC1. The summed E-state index contributed by atoms with van der Waals surface area (Å²) in [6.07, 6.45) is -1.16. The number of rotatable bonds is 5. The molecule has 4 heterocycles. The van der Waals surface area contributed by atoms with E-state index >= 15 is 0 Å². The van der Waals surface area contributed by atoms with Crippen LogP contribution in [0.3, 0.4) is 0 Å². The number of piperidine rings is 1. The van der Waals surface area contributed by atoms with E-state index in [2.05, 4.69) is 21.8 Å². The predicted octanol–water partition coefficient (Wildman–Crippen LogP) is 4.20. The van der Waals surface area contributed by atoms with Gasteiger partial charge in [0, 0.05) is 69.6 Å². The highest BCUT2D eigenvalue weighted by Gasteiger charge is 2.43. The fourth-order valence-electron chi connectivity index (χ4n) is 6.23. The third-order valence-electron chi connectivity index (χ3n) is 8.50. The number of benzene rings is 1. The Morgan fingerprint density at radius 1 is 1.05 bits per heavy atom. The maximum Gasteiger partial charge on any atom is 0.418 e. The number of fused-ring (bicyclic) bond motifs is 1. The van der Waals surface area contributed by atoms with Gasteiger partial charge in [0.25, 0.3) is 5.91 Å². The zero-order chi connectivity index (χ0) is 28.4. The maximum atomic E-state index is 14.0. The molecule has 1 aromatic carbocycles. The first kappa shape index (κ1) is 28.8. The van der Waals surface area contributed by atoms with E-state index in [9.17, 15) is 22.8 Å². The molecule has 0 aliphatic carbocycles. The van der Waals surface area contributed by atoms with Gasteiger partial charge < -0.3 is 19.6 Å². The van der Waals surface area contributed by atoms with E-state index in [1.165, 1.54) is 17.2 Å². The summed E-state index contributed by atoms with van der Waals surface area (Å²) in [4.78, 5) is 39.5. The van der Waals surface area contributed by atoms with Crippen molar-refractivity contribution in [1.82, 2.24) is 24.6 Å². The van der Waals surface area contributed by atoms with Crippen LogP contribution in [0.25, 0.3) is 0 Å². The maximum absolute atomic E-state index is 14.0. The Labute approximate surface area is 237 Å². The second kappa shape index (κ2) is 12.0. The van der Waals surface area contributed by atoms with E-state index in [-0.39, 0.29) is 5.91 Å². The third kappa shape index (κ3) is 6.29. The van der Waals surface area contributed by atoms with Crippen LogP contribution in [0.2, 0.25) is 5.02 Å². The highest BCUT2D eigenvalue weighted by atomic mass is 35.5. The van der Waals surface area contributed by atoms with Gasteiger partial charge in [-0.05, 0) is 68.1 Å². The Balaban J connectivity index is 1.40. The molecule has 2 fully saturated rings. The normalized spacial score (nSPS) is 22.7. The average Bonchev–Trinajstić information content (AvgIpc) is 2.95. The average molecular weight is 578 g/mol. The number of aromatic nitrogens is 1. The van der Waals surface area contributed by atoms with Crippen molar-refractivity contribution in [3.05, 3.63) is 63.9 Å². The van der Waals surface area contributed by atoms with Gasteiger partial charge in [-0.2, -0.15) is 13.2 Å². The van der Waals surface area contributed by atoms with Gasteiger partial charge in [0.2, 0.25) is 5.91 Å². The molecule has 2 saturated heterocycles. The summed E-state index contributed by atoms with van der Waals surface area (Å²) in [6.45, 7) is 5.57. The molecule has 0 radical (unpaired) electrons. The minimum Gasteiger partial charge on any atom is -0.338 e. The molecule has 0 bridgehead atoms. The molecule has 0 unspecified atom stereocenters. The van der Waals surface area contributed by atoms with Crippen LogP contribution in [0.5, 0.6) is 0 Å². The van der Waals surface area contributed by atoms with E-state index in [0.29, 0.717) is 56.9 Å². The topological polar surface area (TPSA) is 60.0 Å². The molecular formula is C29H35ClF3N5O2. The van der Waals surface area contributed by atoms with Crippen molar-refractivity contribution in [3.8, 4) is 0 Å². The number of nitrogens with zero attached hydrogens (tertiary/aromatic N) is 5. The molecule has 216 valence electrons. The van der Waals surface area contributed by atoms with Gasteiger partial charge in [0.05, 0.1) is 11.5 Å². The Morgan fingerprint density at radius 3 is 2.58 bits per heavy atom. The second-order valence-electron chi connectivity index (χ2n) is 11.1. The van der Waals surface area contributed by atoms with Crippen molar-refractivity contribution in [2.75, 3.05) is 52.9 Å². The monoisotopic (exact) mass is 577 g/mol. The predicted molar refractivity (Wildman–Crippen MR) is 146 cm³/mol. The fourth-order valence-corrected chi connectivity index (χ4v) is 6.42. The summed E-state index contributed by atoms with van der Waals surface area (Å²) in [7, 11) is 2.07. The summed E-state index contributed by atoms with van der Waals surface area (Å²) >= 11 is 6.16. The highest BCUT2D eigenvalue weighted by Crippen LogP contribution is 2.35. The molecule has 2 amide bonds. The number of likely N-dealkylation sites (N-methyl/N-ethyl adjacent to an activating group) is 1. The number of alkyl halides is 3. The van der Waals surface area contributed by atoms with Crippen molar-refractivity contribution in [2.24, 2.45) is 5.92 Å². The first-order valence-corrected chi connectivity index (χ1v) is 14.3. The summed E-state index contributed by atoms with van der Waals surface area (Å²) < 4.78 is 41.4. The number of hydrogen-bond acceptors (Lipinski definition) is 5. The summed E-state index contributed by atoms with van der Waals surface area (Å²) in [5, 5.41) is 0.664. The molecule has 7 nitrogen and oxygen atoms in total. The van der Waals surface area contributed by atoms with Crippen molar-refractivity contribution in [1.29, 1.82) is 0 Å². The van der Waals surface area contributed by atoms with Crippen LogP contribution in [-0.2, 0) is 23.9 Å². The first-order chi connectivity index (χ1) is 19.1. The first-order valence-electron chi connectivity index (χ1n) is 13.9. The van der Waals surface area contributed by atoms with Gasteiger partial charge in [0.1, 0.15) is 5.69 Å². The number of carbonyl (C=O) groups excluding carboxylic acids is 2. The lowest BCUT2D eigenvalue weighted by Crippen LogP contribution is -2.55. The number of piperazine rings is 1. The Morgan fingerprint density at radius 2 is 1.82 bits per heavy atom. The molecule has 2 atom stereocenters. The lowest BCUT2D eigenvalue weighted by atomic mass is 9.84. The highest BCUT2D eigenvalue weighted by molar-refractivity contribution is 6.30. The Bertz CT molecular complexity index is 1230. The minimum atomic E-state index is -4.70. The third-order valence-corrected chi connectivity index (χ3v) is 8.74. The van der Waals surface area contributed by atoms with E-state index in [4.69, 9.17) is 11.6 Å². The zero-order valence-electron chi connectivity index (χ0n) is 22.7. The van der Waals surface area contributed by atoms with Crippen LogP contribution in [0.4, 0.5) is 13.2 Å². The van der Waals surface area contributed by atoms with Gasteiger partial charge in [-0.1, -0.05) is 17.7 Å². The Kier molecular flexibility index (Phi) is 8.68. The molecule has 11 heteroatoms. The molecule has 3 aliphatic heterocycles. The van der Waals surface area contributed by atoms with Crippen molar-refractivity contribution in [3.63, 3.8) is 0 Å². The number of hydrogen-bond donors (Lipinski definition) is 0. The van der Waals surface area contributed by atoms with Gasteiger partial charge in [-0.25, -0.2) is 0 Å². The molecule has 0 spiro atoms. The number of pyridine rings is 1. The molecule has 1 aromatic heterocycles. The van der Waals surface area contributed by atoms with E-state index in [0.717, 1.165) is 43.4 Å². The van der Waals surface area contributed by atoms with Crippen LogP contribution >= 0.6 is 11.6 Å². The Hall–Kier alpha value is -2.69. The van der Waals surface area contributed by atoms with Crippen LogP contribution < -0.4 is 0 Å². The zero-order valence-corrected chi connectivity index (χ0v) is 23.4. The molecular weight excluding hydrogens is 543 g/mol. The van der Waals surface area contributed by atoms with Gasteiger partial charge in [0.15, 0.2) is 0 Å². The number of likely N-dealkylation sites (tertiary alicyclic amines) is 1. The molecule has 0 N–H and O–H groups in total. The fraction of sp³-hybridized carbons (Fsp3) is 0.552. The smallest absolute Gasteiger partial charge is 0.338 e. The molecule has 5 rings (SSSR count). The summed E-state index contributed by atoms with van der Waals surface area (Å²) in [5.74, 6) is -1.29. The van der Waals surface area contributed by atoms with Crippen molar-refractivity contribution in [2.45, 2.75) is 44.4 Å². The van der Waals surface area contributed by atoms with E-state index in [1.807, 2.05) is 23.1 Å². The van der Waals surface area contributed by atoms with E-state index in [1.54, 1.807) is 0 Å². The minimum absolute atomic E-state index is 0.0430. The number of carbonyl (C=O) groups is 2. The number of amides is 2.